The molecule has 0 fully saturated rings. The maximum atomic E-state index is 5.31. The fraction of sp³-hybridized carbons (Fsp3) is 0.0833. The fourth-order valence-electron chi connectivity index (χ4n) is 1.49. The van der Waals surface area contributed by atoms with Gasteiger partial charge >= 0.3 is 0 Å². The Morgan fingerprint density at radius 2 is 2.00 bits per heavy atom. The fourth-order valence-corrected chi connectivity index (χ4v) is 1.90. The number of benzene rings is 1. The van der Waals surface area contributed by atoms with Crippen molar-refractivity contribution in [3.63, 3.8) is 0 Å². The van der Waals surface area contributed by atoms with E-state index in [-0.39, 0.29) is 0 Å². The van der Waals surface area contributed by atoms with E-state index in [2.05, 4.69) is 31.7 Å². The molecule has 18 heavy (non-hydrogen) atoms. The van der Waals surface area contributed by atoms with E-state index in [0.717, 1.165) is 21.6 Å². The molecule has 0 saturated heterocycles. The molecule has 0 aliphatic heterocycles. The molecular formula is C12H13BrN4O. The van der Waals surface area contributed by atoms with Crippen LogP contribution in [0.2, 0.25) is 0 Å². The molecule has 0 bridgehead atoms. The lowest BCUT2D eigenvalue weighted by molar-refractivity contribution is 0.412. The van der Waals surface area contributed by atoms with E-state index in [0.29, 0.717) is 5.82 Å². The summed E-state index contributed by atoms with van der Waals surface area (Å²) in [6.07, 6.45) is 1.67. The van der Waals surface area contributed by atoms with Crippen LogP contribution in [0, 0.1) is 0 Å². The second-order valence-electron chi connectivity index (χ2n) is 3.55. The van der Waals surface area contributed by atoms with Crippen molar-refractivity contribution in [1.29, 1.82) is 0 Å². The Kier molecular flexibility index (Phi) is 4.01. The van der Waals surface area contributed by atoms with Gasteiger partial charge in [0.2, 0.25) is 0 Å². The Bertz CT molecular complexity index is 547. The van der Waals surface area contributed by atoms with Crippen molar-refractivity contribution in [2.45, 2.75) is 0 Å². The summed E-state index contributed by atoms with van der Waals surface area (Å²) in [6.45, 7) is 0. The SMILES string of the molecule is COc1cc(Nc2ccnc(NN)c2)ccc1Br. The van der Waals surface area contributed by atoms with Crippen molar-refractivity contribution >= 4 is 33.1 Å². The van der Waals surface area contributed by atoms with Gasteiger partial charge in [-0.05, 0) is 34.1 Å². The first-order valence-corrected chi connectivity index (χ1v) is 6.05. The molecule has 6 heteroatoms. The number of anilines is 3. The van der Waals surface area contributed by atoms with Gasteiger partial charge in [-0.15, -0.1) is 0 Å². The van der Waals surface area contributed by atoms with E-state index in [1.807, 2.05) is 30.3 Å². The maximum absolute atomic E-state index is 5.31. The van der Waals surface area contributed by atoms with Crippen LogP contribution >= 0.6 is 15.9 Å². The van der Waals surface area contributed by atoms with Gasteiger partial charge in [-0.25, -0.2) is 10.8 Å². The van der Waals surface area contributed by atoms with Crippen LogP contribution in [0.3, 0.4) is 0 Å². The van der Waals surface area contributed by atoms with E-state index < -0.39 is 0 Å². The van der Waals surface area contributed by atoms with Crippen LogP contribution < -0.4 is 21.3 Å². The monoisotopic (exact) mass is 308 g/mol. The van der Waals surface area contributed by atoms with Crippen molar-refractivity contribution in [3.8, 4) is 5.75 Å². The lowest BCUT2D eigenvalue weighted by atomic mass is 10.3. The molecule has 1 aromatic carbocycles. The molecule has 0 unspecified atom stereocenters. The van der Waals surface area contributed by atoms with Crippen LogP contribution in [-0.4, -0.2) is 12.1 Å². The van der Waals surface area contributed by atoms with E-state index in [4.69, 9.17) is 10.6 Å². The van der Waals surface area contributed by atoms with Crippen molar-refractivity contribution in [1.82, 2.24) is 4.98 Å². The number of ether oxygens (including phenoxy) is 1. The van der Waals surface area contributed by atoms with Crippen molar-refractivity contribution < 1.29 is 4.74 Å². The van der Waals surface area contributed by atoms with Gasteiger partial charge in [-0.1, -0.05) is 0 Å². The van der Waals surface area contributed by atoms with E-state index >= 15 is 0 Å². The minimum Gasteiger partial charge on any atom is -0.495 e. The zero-order valence-electron chi connectivity index (χ0n) is 9.77. The Morgan fingerprint density at radius 1 is 1.22 bits per heavy atom. The smallest absolute Gasteiger partial charge is 0.141 e. The average molecular weight is 309 g/mol. The van der Waals surface area contributed by atoms with Crippen LogP contribution in [0.25, 0.3) is 0 Å². The van der Waals surface area contributed by atoms with Gasteiger partial charge < -0.3 is 15.5 Å². The molecule has 0 saturated carbocycles. The number of hydrogen-bond donors (Lipinski definition) is 3. The van der Waals surface area contributed by atoms with Crippen LogP contribution in [0.5, 0.6) is 5.75 Å². The molecule has 0 aliphatic rings. The van der Waals surface area contributed by atoms with Gasteiger partial charge in [0.05, 0.1) is 11.6 Å². The summed E-state index contributed by atoms with van der Waals surface area (Å²) in [4.78, 5) is 4.04. The van der Waals surface area contributed by atoms with E-state index in [9.17, 15) is 0 Å². The van der Waals surface area contributed by atoms with Crippen molar-refractivity contribution in [2.24, 2.45) is 5.84 Å². The minimum absolute atomic E-state index is 0.601. The molecule has 0 amide bonds. The summed E-state index contributed by atoms with van der Waals surface area (Å²) < 4.78 is 6.15. The van der Waals surface area contributed by atoms with E-state index in [1.165, 1.54) is 0 Å². The lowest BCUT2D eigenvalue weighted by Crippen LogP contribution is -2.08. The van der Waals surface area contributed by atoms with Crippen LogP contribution in [0.4, 0.5) is 17.2 Å². The lowest BCUT2D eigenvalue weighted by Gasteiger charge is -2.10. The summed E-state index contributed by atoms with van der Waals surface area (Å²) in [5.41, 5.74) is 4.31. The second-order valence-corrected chi connectivity index (χ2v) is 4.40. The molecule has 0 spiro atoms. The van der Waals surface area contributed by atoms with Gasteiger partial charge in [0.25, 0.3) is 0 Å². The van der Waals surface area contributed by atoms with Gasteiger partial charge in [-0.2, -0.15) is 0 Å². The van der Waals surface area contributed by atoms with Crippen LogP contribution in [0.1, 0.15) is 0 Å². The average Bonchev–Trinajstić information content (AvgIpc) is 2.41. The predicted molar refractivity (Wildman–Crippen MR) is 76.0 cm³/mol. The molecule has 1 heterocycles. The molecular weight excluding hydrogens is 296 g/mol. The first-order chi connectivity index (χ1) is 8.72. The van der Waals surface area contributed by atoms with Gasteiger partial charge in [-0.3, -0.25) is 0 Å². The number of rotatable bonds is 4. The molecule has 2 aromatic rings. The number of nitrogens with two attached hydrogens (primary N) is 1. The Labute approximate surface area is 113 Å². The van der Waals surface area contributed by atoms with Crippen molar-refractivity contribution in [2.75, 3.05) is 17.9 Å². The number of nitrogens with zero attached hydrogens (tertiary/aromatic N) is 1. The van der Waals surface area contributed by atoms with Gasteiger partial charge in [0, 0.05) is 29.7 Å². The van der Waals surface area contributed by atoms with Crippen molar-refractivity contribution in [3.05, 3.63) is 41.0 Å². The summed E-state index contributed by atoms with van der Waals surface area (Å²) in [7, 11) is 1.63. The zero-order valence-corrected chi connectivity index (χ0v) is 11.4. The van der Waals surface area contributed by atoms with Crippen LogP contribution in [0.15, 0.2) is 41.0 Å². The zero-order chi connectivity index (χ0) is 13.0. The molecule has 0 atom stereocenters. The third-order valence-corrected chi connectivity index (χ3v) is 3.00. The summed E-state index contributed by atoms with van der Waals surface area (Å²) in [5.74, 6) is 6.68. The number of nitrogens with one attached hydrogen (secondary N) is 2. The highest BCUT2D eigenvalue weighted by atomic mass is 79.9. The minimum atomic E-state index is 0.601. The number of nitrogen functional groups attached to an aromatic ring is 1. The Balaban J connectivity index is 2.22. The highest BCUT2D eigenvalue weighted by Crippen LogP contribution is 2.29. The number of halogens is 1. The topological polar surface area (TPSA) is 72.2 Å². The van der Waals surface area contributed by atoms with E-state index in [1.54, 1.807) is 13.3 Å². The Morgan fingerprint density at radius 3 is 2.72 bits per heavy atom. The molecule has 2 rings (SSSR count). The first kappa shape index (κ1) is 12.7. The normalized spacial score (nSPS) is 9.94. The third kappa shape index (κ3) is 2.91. The third-order valence-electron chi connectivity index (χ3n) is 2.35. The number of hydrogen-bond acceptors (Lipinski definition) is 5. The van der Waals surface area contributed by atoms with Crippen LogP contribution in [-0.2, 0) is 0 Å². The number of hydrazine groups is 1. The number of aromatic nitrogens is 1. The predicted octanol–water partition coefficient (Wildman–Crippen LogP) is 2.88. The summed E-state index contributed by atoms with van der Waals surface area (Å²) in [6, 6.07) is 9.44. The number of methoxy groups -OCH3 is 1. The first-order valence-electron chi connectivity index (χ1n) is 5.26. The highest BCUT2D eigenvalue weighted by Gasteiger charge is 2.02. The summed E-state index contributed by atoms with van der Waals surface area (Å²) >= 11 is 3.41. The second kappa shape index (κ2) is 5.70. The molecule has 1 aromatic heterocycles. The largest absolute Gasteiger partial charge is 0.495 e. The maximum Gasteiger partial charge on any atom is 0.141 e. The summed E-state index contributed by atoms with van der Waals surface area (Å²) in [5, 5.41) is 3.24. The molecule has 94 valence electrons. The molecule has 4 N–H and O–H groups in total. The molecule has 0 radical (unpaired) electrons. The molecule has 0 aliphatic carbocycles. The quantitative estimate of drug-likeness (QED) is 0.598. The van der Waals surface area contributed by atoms with Gasteiger partial charge in [0.15, 0.2) is 0 Å². The highest BCUT2D eigenvalue weighted by molar-refractivity contribution is 9.10. The standard InChI is InChI=1S/C12H13BrN4O/c1-18-11-6-8(2-3-10(11)13)16-9-4-5-15-12(7-9)17-14/h2-7H,14H2,1H3,(H2,15,16,17). The number of pyridine rings is 1. The molecule has 5 nitrogen and oxygen atoms in total. The van der Waals surface area contributed by atoms with Gasteiger partial charge in [0.1, 0.15) is 11.6 Å². The Hall–Kier alpha value is -1.79.